The molecule has 0 bridgehead atoms. The molecule has 4 rings (SSSR count). The van der Waals surface area contributed by atoms with E-state index in [1.54, 1.807) is 23.2 Å². The van der Waals surface area contributed by atoms with Crippen LogP contribution in [-0.4, -0.2) is 60.3 Å². The third kappa shape index (κ3) is 4.11. The molecular weight excluding hydrogens is 360 g/mol. The number of nitrogens with one attached hydrogen (secondary N) is 1. The molecule has 2 aliphatic heterocycles. The molecule has 3 heterocycles. The van der Waals surface area contributed by atoms with Gasteiger partial charge in [0.15, 0.2) is 5.60 Å². The molecule has 8 heteroatoms. The lowest BCUT2D eigenvalue weighted by molar-refractivity contribution is -0.171. The third-order valence-electron chi connectivity index (χ3n) is 5.79. The lowest BCUT2D eigenvalue weighted by Gasteiger charge is -2.38. The van der Waals surface area contributed by atoms with Crippen LogP contribution < -0.4 is 11.1 Å². The van der Waals surface area contributed by atoms with Gasteiger partial charge in [-0.05, 0) is 54.9 Å². The molecule has 3 atom stereocenters. The molecule has 0 spiro atoms. The number of aromatic nitrogens is 1. The molecule has 1 aromatic rings. The molecule has 2 saturated heterocycles. The number of nitrogens with two attached hydrogens (primary N) is 1. The number of fused-ring (bicyclic) bond motifs is 1. The first kappa shape index (κ1) is 18.7. The van der Waals surface area contributed by atoms with Crippen LogP contribution in [0.25, 0.3) is 6.08 Å². The van der Waals surface area contributed by atoms with E-state index in [2.05, 4.69) is 10.3 Å². The van der Waals surface area contributed by atoms with Crippen LogP contribution in [0.1, 0.15) is 18.9 Å². The molecule has 1 unspecified atom stereocenters. The average Bonchev–Trinajstić information content (AvgIpc) is 3.09. The number of carbonyl (C=O) groups is 2. The first-order valence-electron chi connectivity index (χ1n) is 9.67. The second-order valence-corrected chi connectivity index (χ2v) is 8.14. The molecule has 150 valence electrons. The van der Waals surface area contributed by atoms with E-state index in [1.165, 1.54) is 6.08 Å². The van der Waals surface area contributed by atoms with Crippen molar-refractivity contribution in [2.75, 3.05) is 38.6 Å². The van der Waals surface area contributed by atoms with Gasteiger partial charge in [0.2, 0.25) is 5.91 Å². The highest BCUT2D eigenvalue weighted by Gasteiger charge is 2.56. The van der Waals surface area contributed by atoms with Crippen molar-refractivity contribution >= 4 is 23.9 Å². The second-order valence-electron chi connectivity index (χ2n) is 8.14. The Morgan fingerprint density at radius 1 is 1.39 bits per heavy atom. The predicted molar refractivity (Wildman–Crippen MR) is 103 cm³/mol. The van der Waals surface area contributed by atoms with E-state index in [1.807, 2.05) is 13.0 Å². The summed E-state index contributed by atoms with van der Waals surface area (Å²) in [4.78, 5) is 29.9. The van der Waals surface area contributed by atoms with E-state index >= 15 is 0 Å². The Balaban J connectivity index is 1.13. The van der Waals surface area contributed by atoms with Crippen molar-refractivity contribution in [2.24, 2.45) is 17.8 Å². The largest absolute Gasteiger partial charge is 0.438 e. The number of hydrogen-bond donors (Lipinski definition) is 2. The van der Waals surface area contributed by atoms with E-state index in [0.717, 1.165) is 25.1 Å². The van der Waals surface area contributed by atoms with Crippen LogP contribution in [0.2, 0.25) is 0 Å². The molecule has 1 saturated carbocycles. The van der Waals surface area contributed by atoms with E-state index in [4.69, 9.17) is 15.2 Å². The molecule has 0 radical (unpaired) electrons. The molecule has 3 aliphatic rings. The van der Waals surface area contributed by atoms with Crippen LogP contribution in [0.15, 0.2) is 24.4 Å². The monoisotopic (exact) mass is 386 g/mol. The van der Waals surface area contributed by atoms with Crippen LogP contribution in [0, 0.1) is 17.8 Å². The SMILES string of the molecule is CC1(OC(=O)N2C[C@@H]3C(CCNC(=O)/C=C/c4ccc(N)nc4)[C@@H]3C2)COC1. The molecule has 28 heavy (non-hydrogen) atoms. The normalized spacial score (nSPS) is 27.2. The topological polar surface area (TPSA) is 107 Å². The van der Waals surface area contributed by atoms with Gasteiger partial charge in [-0.15, -0.1) is 0 Å². The van der Waals surface area contributed by atoms with Gasteiger partial charge in [-0.3, -0.25) is 4.79 Å². The van der Waals surface area contributed by atoms with Crippen LogP contribution >= 0.6 is 0 Å². The van der Waals surface area contributed by atoms with Gasteiger partial charge in [-0.2, -0.15) is 0 Å². The maximum atomic E-state index is 12.2. The van der Waals surface area contributed by atoms with Gasteiger partial charge in [-0.1, -0.05) is 0 Å². The lowest BCUT2D eigenvalue weighted by Crippen LogP contribution is -2.52. The number of amides is 2. The minimum Gasteiger partial charge on any atom is -0.438 e. The number of nitrogen functional groups attached to an aromatic ring is 1. The fourth-order valence-electron chi connectivity index (χ4n) is 4.06. The zero-order valence-electron chi connectivity index (χ0n) is 16.0. The molecule has 2 amide bonds. The van der Waals surface area contributed by atoms with Crippen LogP contribution in [0.5, 0.6) is 0 Å². The summed E-state index contributed by atoms with van der Waals surface area (Å²) < 4.78 is 10.6. The Morgan fingerprint density at radius 3 is 2.75 bits per heavy atom. The highest BCUT2D eigenvalue weighted by atomic mass is 16.6. The van der Waals surface area contributed by atoms with Gasteiger partial charge in [0.05, 0.1) is 13.2 Å². The first-order chi connectivity index (χ1) is 13.4. The number of rotatable bonds is 6. The fourth-order valence-corrected chi connectivity index (χ4v) is 4.06. The molecule has 3 fully saturated rings. The summed E-state index contributed by atoms with van der Waals surface area (Å²) in [6.07, 6.45) is 5.55. The summed E-state index contributed by atoms with van der Waals surface area (Å²) in [6, 6.07) is 3.51. The van der Waals surface area contributed by atoms with Crippen molar-refractivity contribution in [2.45, 2.75) is 18.9 Å². The highest BCUT2D eigenvalue weighted by Crippen LogP contribution is 2.53. The zero-order chi connectivity index (χ0) is 19.7. The van der Waals surface area contributed by atoms with Gasteiger partial charge in [0, 0.05) is 31.9 Å². The summed E-state index contributed by atoms with van der Waals surface area (Å²) in [6.45, 7) is 5.00. The molecule has 1 aliphatic carbocycles. The molecule has 1 aromatic heterocycles. The fraction of sp³-hybridized carbons (Fsp3) is 0.550. The maximum Gasteiger partial charge on any atom is 0.410 e. The van der Waals surface area contributed by atoms with Crippen molar-refractivity contribution in [3.05, 3.63) is 30.0 Å². The Labute approximate surface area is 164 Å². The van der Waals surface area contributed by atoms with Gasteiger partial charge in [0.1, 0.15) is 5.82 Å². The predicted octanol–water partition coefficient (Wildman–Crippen LogP) is 1.29. The van der Waals surface area contributed by atoms with Crippen LogP contribution in [0.4, 0.5) is 10.6 Å². The highest BCUT2D eigenvalue weighted by molar-refractivity contribution is 5.91. The Hall–Kier alpha value is -2.61. The van der Waals surface area contributed by atoms with E-state index in [-0.39, 0.29) is 12.0 Å². The molecule has 0 aromatic carbocycles. The van der Waals surface area contributed by atoms with Crippen LogP contribution in [0.3, 0.4) is 0 Å². The van der Waals surface area contributed by atoms with E-state index in [0.29, 0.717) is 43.3 Å². The molecule has 8 nitrogen and oxygen atoms in total. The van der Waals surface area contributed by atoms with Gasteiger partial charge in [0.25, 0.3) is 0 Å². The average molecular weight is 386 g/mol. The quantitative estimate of drug-likeness (QED) is 0.714. The van der Waals surface area contributed by atoms with Crippen molar-refractivity contribution < 1.29 is 19.1 Å². The standard InChI is InChI=1S/C20H26N4O4/c1-20(11-27-12-20)28-19(26)24-9-15-14(16(15)10-24)6-7-22-18(25)5-3-13-2-4-17(21)23-8-13/h2-5,8,14-16H,6-7,9-12H2,1H3,(H2,21,23)(H,22,25)/b5-3+/t14?,15-,16+. The van der Waals surface area contributed by atoms with Crippen molar-refractivity contribution in [1.82, 2.24) is 15.2 Å². The number of anilines is 1. The molecule has 3 N–H and O–H groups in total. The smallest absolute Gasteiger partial charge is 0.410 e. The van der Waals surface area contributed by atoms with Gasteiger partial charge in [-0.25, -0.2) is 9.78 Å². The van der Waals surface area contributed by atoms with E-state index in [9.17, 15) is 9.59 Å². The van der Waals surface area contributed by atoms with Crippen molar-refractivity contribution in [3.63, 3.8) is 0 Å². The molecular formula is C20H26N4O4. The first-order valence-corrected chi connectivity index (χ1v) is 9.67. The number of piperidine rings is 1. The number of likely N-dealkylation sites (tertiary alicyclic amines) is 1. The summed E-state index contributed by atoms with van der Waals surface area (Å²) in [5, 5.41) is 2.92. The lowest BCUT2D eigenvalue weighted by atomic mass is 10.1. The van der Waals surface area contributed by atoms with Crippen molar-refractivity contribution in [3.8, 4) is 0 Å². The number of carbonyl (C=O) groups excluding carboxylic acids is 2. The van der Waals surface area contributed by atoms with Gasteiger partial charge >= 0.3 is 6.09 Å². The number of nitrogens with zero attached hydrogens (tertiary/aromatic N) is 2. The number of pyridine rings is 1. The second kappa shape index (κ2) is 7.43. The number of ether oxygens (including phenoxy) is 2. The third-order valence-corrected chi connectivity index (χ3v) is 5.79. The summed E-state index contributed by atoms with van der Waals surface area (Å²) >= 11 is 0. The zero-order valence-corrected chi connectivity index (χ0v) is 16.0. The van der Waals surface area contributed by atoms with Crippen LogP contribution in [-0.2, 0) is 14.3 Å². The Morgan fingerprint density at radius 2 is 2.14 bits per heavy atom. The number of hydrogen-bond acceptors (Lipinski definition) is 6. The maximum absolute atomic E-state index is 12.2. The summed E-state index contributed by atoms with van der Waals surface area (Å²) in [7, 11) is 0. The minimum atomic E-state index is -0.455. The van der Waals surface area contributed by atoms with E-state index < -0.39 is 5.60 Å². The Kier molecular flexibility index (Phi) is 4.97. The summed E-state index contributed by atoms with van der Waals surface area (Å²) in [5.74, 6) is 1.98. The minimum absolute atomic E-state index is 0.121. The Bertz CT molecular complexity index is 763. The van der Waals surface area contributed by atoms with Crippen molar-refractivity contribution in [1.29, 1.82) is 0 Å². The summed E-state index contributed by atoms with van der Waals surface area (Å²) in [5.41, 5.74) is 5.91. The van der Waals surface area contributed by atoms with Gasteiger partial charge < -0.3 is 25.4 Å².